The molecule has 2 saturated heterocycles. The molecule has 0 bridgehead atoms. The highest BCUT2D eigenvalue weighted by molar-refractivity contribution is 9.10. The van der Waals surface area contributed by atoms with Crippen molar-refractivity contribution in [1.82, 2.24) is 9.29 Å². The van der Waals surface area contributed by atoms with E-state index < -0.39 is 10.0 Å². The number of hydrogen-bond donors (Lipinski definition) is 0. The van der Waals surface area contributed by atoms with Gasteiger partial charge in [-0.3, -0.25) is 9.69 Å². The number of piperidine rings is 1. The van der Waals surface area contributed by atoms with Crippen molar-refractivity contribution in [3.8, 4) is 0 Å². The molecule has 0 spiro atoms. The Morgan fingerprint density at radius 3 is 2.60 bits per heavy atom. The third kappa shape index (κ3) is 5.42. The quantitative estimate of drug-likeness (QED) is 0.384. The van der Waals surface area contributed by atoms with Crippen LogP contribution in [0.25, 0.3) is 10.2 Å². The molecule has 0 N–H and O–H groups in total. The first-order valence-corrected chi connectivity index (χ1v) is 15.0. The molecule has 186 valence electrons. The first-order chi connectivity index (χ1) is 16.8. The summed E-state index contributed by atoms with van der Waals surface area (Å²) in [6.45, 7) is 1.76. The predicted octanol–water partition coefficient (Wildman–Crippen LogP) is 5.33. The number of carbonyl (C=O) groups is 1. The number of thiazole rings is 1. The van der Waals surface area contributed by atoms with Gasteiger partial charge in [-0.1, -0.05) is 38.9 Å². The second-order valence-electron chi connectivity index (χ2n) is 8.82. The predicted molar refractivity (Wildman–Crippen MR) is 142 cm³/mol. The molecule has 1 amide bonds. The molecular formula is C24H25BrClN3O4S2. The van der Waals surface area contributed by atoms with Crippen LogP contribution < -0.4 is 4.90 Å². The van der Waals surface area contributed by atoms with Gasteiger partial charge in [0.15, 0.2) is 5.13 Å². The summed E-state index contributed by atoms with van der Waals surface area (Å²) < 4.78 is 35.4. The molecule has 1 aromatic heterocycles. The van der Waals surface area contributed by atoms with E-state index in [1.54, 1.807) is 17.0 Å². The largest absolute Gasteiger partial charge is 0.376 e. The number of aromatic nitrogens is 1. The van der Waals surface area contributed by atoms with E-state index in [0.29, 0.717) is 49.2 Å². The van der Waals surface area contributed by atoms with Gasteiger partial charge in [-0.05, 0) is 68.1 Å². The van der Waals surface area contributed by atoms with Gasteiger partial charge in [0.25, 0.3) is 0 Å². The summed E-state index contributed by atoms with van der Waals surface area (Å²) in [4.78, 5) is 20.5. The Bertz CT molecular complexity index is 1320. The van der Waals surface area contributed by atoms with Crippen LogP contribution in [0.5, 0.6) is 0 Å². The van der Waals surface area contributed by atoms with Crippen LogP contribution in [0, 0.1) is 5.92 Å². The van der Waals surface area contributed by atoms with E-state index in [9.17, 15) is 13.2 Å². The number of anilines is 1. The summed E-state index contributed by atoms with van der Waals surface area (Å²) in [5.74, 6) is -0.283. The van der Waals surface area contributed by atoms with Gasteiger partial charge in [0.2, 0.25) is 15.9 Å². The summed E-state index contributed by atoms with van der Waals surface area (Å²) in [5, 5.41) is 1.15. The van der Waals surface area contributed by atoms with Crippen molar-refractivity contribution >= 4 is 70.1 Å². The summed E-state index contributed by atoms with van der Waals surface area (Å²) in [5.41, 5.74) is 0.849. The van der Waals surface area contributed by atoms with E-state index in [1.807, 2.05) is 18.2 Å². The molecule has 11 heteroatoms. The van der Waals surface area contributed by atoms with Crippen molar-refractivity contribution in [2.24, 2.45) is 5.92 Å². The second kappa shape index (κ2) is 10.4. The number of sulfonamides is 1. The van der Waals surface area contributed by atoms with Crippen molar-refractivity contribution in [1.29, 1.82) is 0 Å². The second-order valence-corrected chi connectivity index (χ2v) is 13.1. The SMILES string of the molecule is O=C(C1CCN(S(=O)(=O)c2ccc(Cl)cc2)CC1)N(CC1CCCO1)c1nc2ccc(Br)cc2s1. The van der Waals surface area contributed by atoms with Crippen molar-refractivity contribution in [2.45, 2.75) is 36.7 Å². The molecular weight excluding hydrogens is 574 g/mol. The zero-order chi connectivity index (χ0) is 24.6. The lowest BCUT2D eigenvalue weighted by molar-refractivity contribution is -0.123. The Kier molecular flexibility index (Phi) is 7.48. The summed E-state index contributed by atoms with van der Waals surface area (Å²) >= 11 is 10.9. The fourth-order valence-electron chi connectivity index (χ4n) is 4.58. The van der Waals surface area contributed by atoms with Crippen LogP contribution in [0.4, 0.5) is 5.13 Å². The molecule has 0 aliphatic carbocycles. The van der Waals surface area contributed by atoms with E-state index in [4.69, 9.17) is 21.3 Å². The van der Waals surface area contributed by atoms with Crippen LogP contribution in [-0.4, -0.2) is 56.0 Å². The average Bonchev–Trinajstić information content (AvgIpc) is 3.52. The standard InChI is InChI=1S/C24H25BrClN3O4S2/c25-17-3-8-21-22(14-17)34-24(27-21)29(15-19-2-1-13-33-19)23(30)16-9-11-28(12-10-16)35(31,32)20-6-4-18(26)5-7-20/h3-8,14,16,19H,1-2,9-13,15H2. The van der Waals surface area contributed by atoms with Crippen molar-refractivity contribution in [3.63, 3.8) is 0 Å². The van der Waals surface area contributed by atoms with Crippen molar-refractivity contribution in [3.05, 3.63) is 52.0 Å². The van der Waals surface area contributed by atoms with Crippen molar-refractivity contribution in [2.75, 3.05) is 31.1 Å². The normalized spacial score (nSPS) is 19.9. The molecule has 1 atom stereocenters. The maximum Gasteiger partial charge on any atom is 0.243 e. The van der Waals surface area contributed by atoms with Crippen LogP contribution >= 0.6 is 38.9 Å². The number of hydrogen-bond acceptors (Lipinski definition) is 6. The van der Waals surface area contributed by atoms with E-state index >= 15 is 0 Å². The first-order valence-electron chi connectivity index (χ1n) is 11.6. The molecule has 35 heavy (non-hydrogen) atoms. The lowest BCUT2D eigenvalue weighted by atomic mass is 9.96. The number of benzene rings is 2. The number of fused-ring (bicyclic) bond motifs is 1. The topological polar surface area (TPSA) is 79.8 Å². The van der Waals surface area contributed by atoms with Gasteiger partial charge < -0.3 is 4.74 Å². The van der Waals surface area contributed by atoms with E-state index in [1.165, 1.54) is 27.8 Å². The minimum absolute atomic E-state index is 0.0110. The van der Waals surface area contributed by atoms with Crippen molar-refractivity contribution < 1.29 is 17.9 Å². The molecule has 3 heterocycles. The summed E-state index contributed by atoms with van der Waals surface area (Å²) in [6.07, 6.45) is 2.82. The summed E-state index contributed by atoms with van der Waals surface area (Å²) in [7, 11) is -3.63. The number of ether oxygens (including phenoxy) is 1. The molecule has 0 radical (unpaired) electrons. The molecule has 2 aliphatic heterocycles. The minimum Gasteiger partial charge on any atom is -0.376 e. The molecule has 1 unspecified atom stereocenters. The average molecular weight is 599 g/mol. The maximum atomic E-state index is 13.7. The fourth-order valence-corrected chi connectivity index (χ4v) is 7.70. The van der Waals surface area contributed by atoms with E-state index in [2.05, 4.69) is 15.9 Å². The van der Waals surface area contributed by atoms with Crippen LogP contribution in [0.15, 0.2) is 51.8 Å². The number of halogens is 2. The number of amides is 1. The third-order valence-electron chi connectivity index (χ3n) is 6.50. The van der Waals surface area contributed by atoms with Gasteiger partial charge in [-0.2, -0.15) is 4.31 Å². The van der Waals surface area contributed by atoms with E-state index in [0.717, 1.165) is 27.5 Å². The Hall–Kier alpha value is -1.56. The number of carbonyl (C=O) groups excluding carboxylic acids is 1. The number of nitrogens with zero attached hydrogens (tertiary/aromatic N) is 3. The third-order valence-corrected chi connectivity index (χ3v) is 10.2. The fraction of sp³-hybridized carbons (Fsp3) is 0.417. The molecule has 2 fully saturated rings. The molecule has 5 rings (SSSR count). The van der Waals surface area contributed by atoms with E-state index in [-0.39, 0.29) is 22.8 Å². The minimum atomic E-state index is -3.63. The van der Waals surface area contributed by atoms with Crippen LogP contribution in [0.1, 0.15) is 25.7 Å². The van der Waals surface area contributed by atoms with Crippen LogP contribution in [0.2, 0.25) is 5.02 Å². The van der Waals surface area contributed by atoms with Gasteiger partial charge in [0.05, 0.1) is 27.8 Å². The van der Waals surface area contributed by atoms with Gasteiger partial charge in [0, 0.05) is 35.1 Å². The first kappa shape index (κ1) is 25.1. The lowest BCUT2D eigenvalue weighted by Crippen LogP contribution is -2.46. The van der Waals surface area contributed by atoms with Gasteiger partial charge in [-0.15, -0.1) is 0 Å². The van der Waals surface area contributed by atoms with Crippen LogP contribution in [0.3, 0.4) is 0 Å². The maximum absolute atomic E-state index is 13.7. The Labute approximate surface area is 222 Å². The smallest absolute Gasteiger partial charge is 0.243 e. The zero-order valence-corrected chi connectivity index (χ0v) is 22.9. The highest BCUT2D eigenvalue weighted by Crippen LogP contribution is 2.34. The Morgan fingerprint density at radius 1 is 1.17 bits per heavy atom. The molecule has 3 aromatic rings. The molecule has 0 saturated carbocycles. The highest BCUT2D eigenvalue weighted by Gasteiger charge is 2.36. The van der Waals surface area contributed by atoms with Crippen LogP contribution in [-0.2, 0) is 19.6 Å². The lowest BCUT2D eigenvalue weighted by Gasteiger charge is -2.33. The molecule has 2 aliphatic rings. The monoisotopic (exact) mass is 597 g/mol. The molecule has 7 nitrogen and oxygen atoms in total. The summed E-state index contributed by atoms with van der Waals surface area (Å²) in [6, 6.07) is 12.1. The van der Waals surface area contributed by atoms with Gasteiger partial charge in [-0.25, -0.2) is 13.4 Å². The Balaban J connectivity index is 1.33. The molecule has 2 aromatic carbocycles. The highest BCUT2D eigenvalue weighted by atomic mass is 79.9. The Morgan fingerprint density at radius 2 is 1.91 bits per heavy atom. The number of rotatable bonds is 6. The van der Waals surface area contributed by atoms with Gasteiger partial charge in [0.1, 0.15) is 0 Å². The van der Waals surface area contributed by atoms with Gasteiger partial charge >= 0.3 is 0 Å². The zero-order valence-electron chi connectivity index (χ0n) is 18.9.